The lowest BCUT2D eigenvalue weighted by Gasteiger charge is -2.05. The predicted octanol–water partition coefficient (Wildman–Crippen LogP) is 3.44. The Hall–Kier alpha value is -0.380. The van der Waals surface area contributed by atoms with Crippen molar-refractivity contribution in [1.29, 1.82) is 0 Å². The molecule has 84 valence electrons. The molecular formula is C11H16ClNOS. The lowest BCUT2D eigenvalue weighted by Crippen LogP contribution is -1.98. The first-order chi connectivity index (χ1) is 7.24. The molecule has 0 aliphatic carbocycles. The summed E-state index contributed by atoms with van der Waals surface area (Å²) in [5.74, 6) is 0.920. The maximum absolute atomic E-state index is 6.03. The van der Waals surface area contributed by atoms with Crippen molar-refractivity contribution in [3.8, 4) is 0 Å². The summed E-state index contributed by atoms with van der Waals surface area (Å²) in [7, 11) is 0. The molecule has 0 saturated carbocycles. The normalized spacial score (nSPS) is 10.5. The third kappa shape index (κ3) is 4.78. The molecule has 0 spiro atoms. The van der Waals surface area contributed by atoms with Crippen molar-refractivity contribution < 1.29 is 4.74 Å². The quantitative estimate of drug-likeness (QED) is 0.474. The van der Waals surface area contributed by atoms with Gasteiger partial charge in [0, 0.05) is 22.9 Å². The van der Waals surface area contributed by atoms with Crippen molar-refractivity contribution in [2.75, 3.05) is 24.7 Å². The van der Waals surface area contributed by atoms with E-state index in [0.717, 1.165) is 35.3 Å². The van der Waals surface area contributed by atoms with Gasteiger partial charge in [-0.2, -0.15) is 0 Å². The molecule has 0 aliphatic rings. The second kappa shape index (κ2) is 6.99. The van der Waals surface area contributed by atoms with E-state index < -0.39 is 0 Å². The zero-order valence-electron chi connectivity index (χ0n) is 8.83. The Morgan fingerprint density at radius 2 is 2.20 bits per heavy atom. The van der Waals surface area contributed by atoms with Crippen LogP contribution in [0.4, 0.5) is 5.69 Å². The average Bonchev–Trinajstić information content (AvgIpc) is 2.20. The van der Waals surface area contributed by atoms with Crippen LogP contribution in [0.5, 0.6) is 0 Å². The van der Waals surface area contributed by atoms with E-state index in [1.807, 2.05) is 12.1 Å². The highest BCUT2D eigenvalue weighted by Crippen LogP contribution is 2.28. The number of thioether (sulfide) groups is 1. The number of ether oxygens (including phenoxy) is 1. The molecule has 2 nitrogen and oxygen atoms in total. The largest absolute Gasteiger partial charge is 0.399 e. The first-order valence-corrected chi connectivity index (χ1v) is 6.36. The third-order valence-corrected chi connectivity index (χ3v) is 3.25. The minimum atomic E-state index is 0.701. The Morgan fingerprint density at radius 1 is 1.40 bits per heavy atom. The smallest absolute Gasteiger partial charge is 0.0562 e. The van der Waals surface area contributed by atoms with Crippen LogP contribution in [0.3, 0.4) is 0 Å². The highest BCUT2D eigenvalue weighted by atomic mass is 35.5. The number of anilines is 1. The first-order valence-electron chi connectivity index (χ1n) is 4.99. The maximum atomic E-state index is 6.03. The topological polar surface area (TPSA) is 35.2 Å². The molecule has 1 rings (SSSR count). The van der Waals surface area contributed by atoms with Crippen LogP contribution in [0.15, 0.2) is 23.1 Å². The Balaban J connectivity index is 2.31. The molecule has 0 bridgehead atoms. The molecule has 0 fully saturated rings. The molecule has 15 heavy (non-hydrogen) atoms. The van der Waals surface area contributed by atoms with Gasteiger partial charge in [0.05, 0.1) is 11.6 Å². The average molecular weight is 246 g/mol. The molecular weight excluding hydrogens is 230 g/mol. The molecule has 0 radical (unpaired) electrons. The van der Waals surface area contributed by atoms with Gasteiger partial charge in [0.1, 0.15) is 0 Å². The zero-order chi connectivity index (χ0) is 11.1. The number of halogens is 1. The van der Waals surface area contributed by atoms with Crippen molar-refractivity contribution in [1.82, 2.24) is 0 Å². The molecule has 0 saturated heterocycles. The Kier molecular flexibility index (Phi) is 5.91. The van der Waals surface area contributed by atoms with Crippen LogP contribution < -0.4 is 5.73 Å². The van der Waals surface area contributed by atoms with Gasteiger partial charge in [0.25, 0.3) is 0 Å². The van der Waals surface area contributed by atoms with Crippen molar-refractivity contribution in [3.05, 3.63) is 23.2 Å². The van der Waals surface area contributed by atoms with E-state index in [4.69, 9.17) is 22.1 Å². The zero-order valence-corrected chi connectivity index (χ0v) is 10.4. The summed E-state index contributed by atoms with van der Waals surface area (Å²) >= 11 is 7.72. The fourth-order valence-corrected chi connectivity index (χ4v) is 2.23. The van der Waals surface area contributed by atoms with E-state index in [9.17, 15) is 0 Å². The molecule has 0 aromatic heterocycles. The van der Waals surface area contributed by atoms with Crippen LogP contribution in [0.25, 0.3) is 0 Å². The van der Waals surface area contributed by atoms with E-state index in [0.29, 0.717) is 5.69 Å². The minimum Gasteiger partial charge on any atom is -0.399 e. The van der Waals surface area contributed by atoms with E-state index in [1.165, 1.54) is 0 Å². The Bertz CT molecular complexity index is 307. The van der Waals surface area contributed by atoms with Gasteiger partial charge in [0.15, 0.2) is 0 Å². The number of hydrogen-bond donors (Lipinski definition) is 1. The van der Waals surface area contributed by atoms with Gasteiger partial charge >= 0.3 is 0 Å². The third-order valence-electron chi connectivity index (χ3n) is 1.79. The van der Waals surface area contributed by atoms with Gasteiger partial charge in [-0.15, -0.1) is 11.8 Å². The van der Waals surface area contributed by atoms with Gasteiger partial charge in [0.2, 0.25) is 0 Å². The molecule has 0 unspecified atom stereocenters. The van der Waals surface area contributed by atoms with E-state index in [-0.39, 0.29) is 0 Å². The van der Waals surface area contributed by atoms with Crippen molar-refractivity contribution >= 4 is 29.1 Å². The summed E-state index contributed by atoms with van der Waals surface area (Å²) < 4.78 is 5.38. The number of nitrogen functional groups attached to an aromatic ring is 1. The number of nitrogens with two attached hydrogens (primary N) is 1. The highest BCUT2D eigenvalue weighted by Gasteiger charge is 2.00. The summed E-state index contributed by atoms with van der Waals surface area (Å²) in [5, 5.41) is 0.718. The molecule has 1 aromatic carbocycles. The molecule has 0 heterocycles. The summed E-state index contributed by atoms with van der Waals surface area (Å²) in [5.41, 5.74) is 6.30. The monoisotopic (exact) mass is 245 g/mol. The SMILES string of the molecule is CCCOCCSc1ccc(N)cc1Cl. The molecule has 0 amide bonds. The van der Waals surface area contributed by atoms with E-state index in [1.54, 1.807) is 17.8 Å². The van der Waals surface area contributed by atoms with Gasteiger partial charge in [-0.3, -0.25) is 0 Å². The number of benzene rings is 1. The molecule has 0 aliphatic heterocycles. The predicted molar refractivity (Wildman–Crippen MR) is 67.7 cm³/mol. The van der Waals surface area contributed by atoms with Gasteiger partial charge in [-0.05, 0) is 24.6 Å². The van der Waals surface area contributed by atoms with Crippen LogP contribution in [0, 0.1) is 0 Å². The summed E-state index contributed by atoms with van der Waals surface area (Å²) in [6.07, 6.45) is 1.06. The molecule has 0 atom stereocenters. The van der Waals surface area contributed by atoms with Crippen LogP contribution in [0.2, 0.25) is 5.02 Å². The Labute approximate surface area is 100 Å². The number of rotatable bonds is 6. The molecule has 1 aromatic rings. The van der Waals surface area contributed by atoms with Crippen molar-refractivity contribution in [2.24, 2.45) is 0 Å². The Morgan fingerprint density at radius 3 is 2.87 bits per heavy atom. The summed E-state index contributed by atoms with van der Waals surface area (Å²) in [6, 6.07) is 5.58. The standard InChI is InChI=1S/C11H16ClNOS/c1-2-5-14-6-7-15-11-4-3-9(13)8-10(11)12/h3-4,8H,2,5-7,13H2,1H3. The first kappa shape index (κ1) is 12.7. The van der Waals surface area contributed by atoms with Crippen LogP contribution in [-0.2, 0) is 4.74 Å². The van der Waals surface area contributed by atoms with Crippen LogP contribution >= 0.6 is 23.4 Å². The second-order valence-electron chi connectivity index (χ2n) is 3.15. The summed E-state index contributed by atoms with van der Waals surface area (Å²) in [4.78, 5) is 1.06. The fourth-order valence-electron chi connectivity index (χ4n) is 1.09. The second-order valence-corrected chi connectivity index (χ2v) is 4.69. The summed E-state index contributed by atoms with van der Waals surface area (Å²) in [6.45, 7) is 3.69. The van der Waals surface area contributed by atoms with Gasteiger partial charge in [-0.25, -0.2) is 0 Å². The van der Waals surface area contributed by atoms with E-state index >= 15 is 0 Å². The minimum absolute atomic E-state index is 0.701. The van der Waals surface area contributed by atoms with Crippen molar-refractivity contribution in [3.63, 3.8) is 0 Å². The highest BCUT2D eigenvalue weighted by molar-refractivity contribution is 7.99. The van der Waals surface area contributed by atoms with Gasteiger partial charge < -0.3 is 10.5 Å². The molecule has 2 N–H and O–H groups in total. The molecule has 4 heteroatoms. The maximum Gasteiger partial charge on any atom is 0.0562 e. The van der Waals surface area contributed by atoms with Crippen LogP contribution in [-0.4, -0.2) is 19.0 Å². The van der Waals surface area contributed by atoms with Crippen LogP contribution in [0.1, 0.15) is 13.3 Å². The lowest BCUT2D eigenvalue weighted by atomic mass is 10.3. The van der Waals surface area contributed by atoms with Crippen molar-refractivity contribution in [2.45, 2.75) is 18.2 Å². The van der Waals surface area contributed by atoms with E-state index in [2.05, 4.69) is 6.92 Å². The fraction of sp³-hybridized carbons (Fsp3) is 0.455. The lowest BCUT2D eigenvalue weighted by molar-refractivity contribution is 0.151. The van der Waals surface area contributed by atoms with Gasteiger partial charge in [-0.1, -0.05) is 18.5 Å². The number of hydrogen-bond acceptors (Lipinski definition) is 3.